The van der Waals surface area contributed by atoms with Gasteiger partial charge in [-0.3, -0.25) is 4.79 Å². The van der Waals surface area contributed by atoms with Crippen molar-refractivity contribution in [3.63, 3.8) is 0 Å². The van der Waals surface area contributed by atoms with Crippen LogP contribution in [0.5, 0.6) is 0 Å². The van der Waals surface area contributed by atoms with E-state index in [1.165, 1.54) is 6.92 Å². The molecule has 7 heteroatoms. The molecule has 2 aromatic carbocycles. The molecule has 3 amide bonds. The molecule has 0 saturated heterocycles. The molecule has 3 N–H and O–H groups in total. The van der Waals surface area contributed by atoms with Gasteiger partial charge in [0.2, 0.25) is 5.91 Å². The summed E-state index contributed by atoms with van der Waals surface area (Å²) in [4.78, 5) is 23.0. The Labute approximate surface area is 137 Å². The minimum Gasteiger partial charge on any atom is -0.326 e. The van der Waals surface area contributed by atoms with Crippen LogP contribution >= 0.6 is 23.2 Å². The van der Waals surface area contributed by atoms with Crippen LogP contribution in [0.25, 0.3) is 0 Å². The Hall–Kier alpha value is -2.24. The highest BCUT2D eigenvalue weighted by atomic mass is 35.5. The summed E-state index contributed by atoms with van der Waals surface area (Å²) < 4.78 is 0. The summed E-state index contributed by atoms with van der Waals surface area (Å²) in [7, 11) is 0. The molecule has 0 aliphatic heterocycles. The van der Waals surface area contributed by atoms with Gasteiger partial charge in [-0.15, -0.1) is 0 Å². The third kappa shape index (κ3) is 4.38. The average Bonchev–Trinajstić information content (AvgIpc) is 2.43. The Morgan fingerprint density at radius 2 is 1.55 bits per heavy atom. The molecule has 0 radical (unpaired) electrons. The van der Waals surface area contributed by atoms with Crippen LogP contribution < -0.4 is 16.0 Å². The molecule has 0 bridgehead atoms. The maximum atomic E-state index is 12.0. The van der Waals surface area contributed by atoms with Crippen LogP contribution in [0.3, 0.4) is 0 Å². The first-order chi connectivity index (χ1) is 10.5. The second-order valence-corrected chi connectivity index (χ2v) is 5.23. The fourth-order valence-corrected chi connectivity index (χ4v) is 2.11. The first-order valence-electron chi connectivity index (χ1n) is 6.35. The lowest BCUT2D eigenvalue weighted by molar-refractivity contribution is -0.114. The summed E-state index contributed by atoms with van der Waals surface area (Å²) in [5.41, 5.74) is 1.53. The van der Waals surface area contributed by atoms with Gasteiger partial charge in [-0.1, -0.05) is 35.3 Å². The molecule has 5 nitrogen and oxygen atoms in total. The number of urea groups is 1. The van der Waals surface area contributed by atoms with Gasteiger partial charge >= 0.3 is 6.03 Å². The van der Waals surface area contributed by atoms with E-state index in [0.29, 0.717) is 22.1 Å². The van der Waals surface area contributed by atoms with Crippen LogP contribution in [0.1, 0.15) is 6.92 Å². The van der Waals surface area contributed by atoms with E-state index in [9.17, 15) is 9.59 Å². The molecular formula is C15H13Cl2N3O2. The van der Waals surface area contributed by atoms with Crippen LogP contribution in [0.4, 0.5) is 21.9 Å². The number of amides is 3. The lowest BCUT2D eigenvalue weighted by atomic mass is 10.2. The Morgan fingerprint density at radius 3 is 2.23 bits per heavy atom. The number of carbonyl (C=O) groups excluding carboxylic acids is 2. The largest absolute Gasteiger partial charge is 0.326 e. The smallest absolute Gasteiger partial charge is 0.323 e. The van der Waals surface area contributed by atoms with Crippen molar-refractivity contribution >= 4 is 52.2 Å². The third-order valence-electron chi connectivity index (χ3n) is 2.64. The summed E-state index contributed by atoms with van der Waals surface area (Å²) >= 11 is 11.9. The van der Waals surface area contributed by atoms with Gasteiger partial charge in [-0.25, -0.2) is 4.79 Å². The lowest BCUT2D eigenvalue weighted by Crippen LogP contribution is -2.19. The Kier molecular flexibility index (Phi) is 5.25. The van der Waals surface area contributed by atoms with E-state index in [2.05, 4.69) is 16.0 Å². The van der Waals surface area contributed by atoms with Gasteiger partial charge < -0.3 is 16.0 Å². The van der Waals surface area contributed by atoms with Crippen molar-refractivity contribution < 1.29 is 9.59 Å². The number of nitrogens with one attached hydrogen (secondary N) is 3. The van der Waals surface area contributed by atoms with Gasteiger partial charge in [0.15, 0.2) is 0 Å². The standard InChI is InChI=1S/C15H13Cl2N3O2/c1-9(21)18-10-4-2-5-11(8-10)19-15(22)20-13-7-3-6-12(16)14(13)17/h2-8H,1H3,(H,18,21)(H2,19,20,22). The van der Waals surface area contributed by atoms with E-state index >= 15 is 0 Å². The summed E-state index contributed by atoms with van der Waals surface area (Å²) in [6.07, 6.45) is 0. The van der Waals surface area contributed by atoms with Gasteiger partial charge in [0, 0.05) is 18.3 Å². The van der Waals surface area contributed by atoms with E-state index in [-0.39, 0.29) is 10.9 Å². The Morgan fingerprint density at radius 1 is 0.909 bits per heavy atom. The van der Waals surface area contributed by atoms with E-state index in [1.807, 2.05) is 0 Å². The number of hydrogen-bond acceptors (Lipinski definition) is 2. The molecule has 0 spiro atoms. The van der Waals surface area contributed by atoms with E-state index in [1.54, 1.807) is 42.5 Å². The molecule has 0 saturated carbocycles. The van der Waals surface area contributed by atoms with Crippen molar-refractivity contribution in [2.24, 2.45) is 0 Å². The molecule has 0 unspecified atom stereocenters. The summed E-state index contributed by atoms with van der Waals surface area (Å²) in [6.45, 7) is 1.41. The van der Waals surface area contributed by atoms with Crippen molar-refractivity contribution in [1.29, 1.82) is 0 Å². The molecule has 0 aliphatic rings. The summed E-state index contributed by atoms with van der Waals surface area (Å²) in [5, 5.41) is 8.51. The van der Waals surface area contributed by atoms with Crippen molar-refractivity contribution in [2.75, 3.05) is 16.0 Å². The van der Waals surface area contributed by atoms with Crippen LogP contribution in [0.15, 0.2) is 42.5 Å². The topological polar surface area (TPSA) is 70.2 Å². The van der Waals surface area contributed by atoms with Crippen molar-refractivity contribution in [3.05, 3.63) is 52.5 Å². The number of carbonyl (C=O) groups is 2. The quantitative estimate of drug-likeness (QED) is 0.766. The number of hydrogen-bond donors (Lipinski definition) is 3. The Bertz CT molecular complexity index is 720. The van der Waals surface area contributed by atoms with Crippen LogP contribution in [-0.4, -0.2) is 11.9 Å². The molecule has 0 atom stereocenters. The van der Waals surface area contributed by atoms with Gasteiger partial charge in [0.1, 0.15) is 0 Å². The second-order valence-electron chi connectivity index (χ2n) is 4.44. The summed E-state index contributed by atoms with van der Waals surface area (Å²) in [5.74, 6) is -0.188. The van der Waals surface area contributed by atoms with E-state index in [4.69, 9.17) is 23.2 Å². The highest BCUT2D eigenvalue weighted by Crippen LogP contribution is 2.29. The molecule has 0 heterocycles. The van der Waals surface area contributed by atoms with Crippen molar-refractivity contribution in [1.82, 2.24) is 0 Å². The zero-order valence-electron chi connectivity index (χ0n) is 11.6. The minimum absolute atomic E-state index is 0.188. The monoisotopic (exact) mass is 337 g/mol. The zero-order valence-corrected chi connectivity index (χ0v) is 13.1. The highest BCUT2D eigenvalue weighted by molar-refractivity contribution is 6.44. The van der Waals surface area contributed by atoms with E-state index in [0.717, 1.165) is 0 Å². The first-order valence-corrected chi connectivity index (χ1v) is 7.11. The maximum absolute atomic E-state index is 12.0. The third-order valence-corrected chi connectivity index (χ3v) is 3.46. The van der Waals surface area contributed by atoms with Crippen LogP contribution in [0, 0.1) is 0 Å². The average molecular weight is 338 g/mol. The molecule has 2 rings (SSSR count). The van der Waals surface area contributed by atoms with Gasteiger partial charge in [-0.2, -0.15) is 0 Å². The van der Waals surface area contributed by atoms with E-state index < -0.39 is 6.03 Å². The molecule has 0 aliphatic carbocycles. The van der Waals surface area contributed by atoms with Gasteiger partial charge in [-0.05, 0) is 30.3 Å². The van der Waals surface area contributed by atoms with Crippen molar-refractivity contribution in [2.45, 2.75) is 6.92 Å². The predicted octanol–water partition coefficient (Wildman–Crippen LogP) is 4.60. The minimum atomic E-state index is -0.468. The molecule has 22 heavy (non-hydrogen) atoms. The fraction of sp³-hybridized carbons (Fsp3) is 0.0667. The van der Waals surface area contributed by atoms with Gasteiger partial charge in [0.25, 0.3) is 0 Å². The molecule has 0 fully saturated rings. The number of rotatable bonds is 3. The van der Waals surface area contributed by atoms with Crippen molar-refractivity contribution in [3.8, 4) is 0 Å². The first kappa shape index (κ1) is 16.1. The zero-order chi connectivity index (χ0) is 16.1. The maximum Gasteiger partial charge on any atom is 0.323 e. The fourth-order valence-electron chi connectivity index (χ4n) is 1.76. The number of halogens is 2. The predicted molar refractivity (Wildman–Crippen MR) is 89.8 cm³/mol. The SMILES string of the molecule is CC(=O)Nc1cccc(NC(=O)Nc2cccc(Cl)c2Cl)c1. The number of anilines is 3. The normalized spacial score (nSPS) is 9.95. The second kappa shape index (κ2) is 7.15. The molecule has 2 aromatic rings. The van der Waals surface area contributed by atoms with Gasteiger partial charge in [0.05, 0.1) is 15.7 Å². The molecule has 0 aromatic heterocycles. The lowest BCUT2D eigenvalue weighted by Gasteiger charge is -2.10. The summed E-state index contributed by atoms with van der Waals surface area (Å²) in [6, 6.07) is 11.3. The molecule has 114 valence electrons. The highest BCUT2D eigenvalue weighted by Gasteiger charge is 2.08. The van der Waals surface area contributed by atoms with Crippen LogP contribution in [-0.2, 0) is 4.79 Å². The molecular weight excluding hydrogens is 325 g/mol. The van der Waals surface area contributed by atoms with Crippen LogP contribution in [0.2, 0.25) is 10.0 Å². The number of benzene rings is 2. The Balaban J connectivity index is 2.06.